The van der Waals surface area contributed by atoms with Gasteiger partial charge in [-0.2, -0.15) is 0 Å². The number of ether oxygens (including phenoxy) is 1. The highest BCUT2D eigenvalue weighted by atomic mass is 16.9. The van der Waals surface area contributed by atoms with Crippen LogP contribution in [0.1, 0.15) is 5.56 Å². The van der Waals surface area contributed by atoms with Crippen molar-refractivity contribution in [3.8, 4) is 5.75 Å². The molecule has 0 aromatic heterocycles. The summed E-state index contributed by atoms with van der Waals surface area (Å²) in [5, 5.41) is 9.03. The van der Waals surface area contributed by atoms with E-state index in [4.69, 9.17) is 5.73 Å². The lowest BCUT2D eigenvalue weighted by Gasteiger charge is -2.06. The molecule has 1 aromatic carbocycles. The SMILES string of the molecule is NC(=O)Oc1ccccc1CO[N+](=O)[O-]. The Labute approximate surface area is 84.5 Å². The largest absolute Gasteiger partial charge is 0.410 e. The molecule has 80 valence electrons. The zero-order valence-corrected chi connectivity index (χ0v) is 7.58. The molecule has 2 N–H and O–H groups in total. The number of primary amides is 1. The number of rotatable bonds is 4. The summed E-state index contributed by atoms with van der Waals surface area (Å²) < 4.78 is 4.61. The number of amides is 1. The van der Waals surface area contributed by atoms with Crippen LogP contribution >= 0.6 is 0 Å². The fourth-order valence-corrected chi connectivity index (χ4v) is 0.953. The van der Waals surface area contributed by atoms with E-state index in [1.807, 2.05) is 0 Å². The summed E-state index contributed by atoms with van der Waals surface area (Å²) in [6, 6.07) is 6.23. The van der Waals surface area contributed by atoms with Gasteiger partial charge in [0, 0.05) is 5.56 Å². The molecule has 15 heavy (non-hydrogen) atoms. The Balaban J connectivity index is 2.76. The van der Waals surface area contributed by atoms with Gasteiger partial charge in [0.2, 0.25) is 0 Å². The summed E-state index contributed by atoms with van der Waals surface area (Å²) in [7, 11) is 0. The molecule has 0 aliphatic carbocycles. The fourth-order valence-electron chi connectivity index (χ4n) is 0.953. The van der Waals surface area contributed by atoms with E-state index < -0.39 is 11.2 Å². The molecular formula is C8H8N2O5. The second kappa shape index (κ2) is 4.80. The van der Waals surface area contributed by atoms with Crippen LogP contribution in [-0.2, 0) is 11.4 Å². The Morgan fingerprint density at radius 3 is 2.73 bits per heavy atom. The lowest BCUT2D eigenvalue weighted by Crippen LogP contribution is -2.17. The highest BCUT2D eigenvalue weighted by Crippen LogP contribution is 2.18. The number of hydrogen-bond donors (Lipinski definition) is 1. The van der Waals surface area contributed by atoms with Crippen LogP contribution in [0.3, 0.4) is 0 Å². The van der Waals surface area contributed by atoms with Gasteiger partial charge in [-0.05, 0) is 6.07 Å². The first-order valence-corrected chi connectivity index (χ1v) is 3.92. The summed E-state index contributed by atoms with van der Waals surface area (Å²) in [6.07, 6.45) is -0.983. The van der Waals surface area contributed by atoms with Crippen LogP contribution in [0.25, 0.3) is 0 Å². The quantitative estimate of drug-likeness (QED) is 0.588. The van der Waals surface area contributed by atoms with Gasteiger partial charge in [-0.1, -0.05) is 18.2 Å². The molecule has 0 fully saturated rings. The zero-order chi connectivity index (χ0) is 11.3. The van der Waals surface area contributed by atoms with E-state index in [0.717, 1.165) is 0 Å². The van der Waals surface area contributed by atoms with Crippen LogP contribution in [-0.4, -0.2) is 11.2 Å². The summed E-state index contributed by atoms with van der Waals surface area (Å²) in [6.45, 7) is -0.295. The molecular weight excluding hydrogens is 204 g/mol. The predicted molar refractivity (Wildman–Crippen MR) is 48.4 cm³/mol. The molecule has 0 radical (unpaired) electrons. The first-order chi connectivity index (χ1) is 7.09. The molecule has 0 spiro atoms. The minimum atomic E-state index is -0.983. The number of carbonyl (C=O) groups excluding carboxylic acids is 1. The van der Waals surface area contributed by atoms with Crippen LogP contribution in [0.2, 0.25) is 0 Å². The molecule has 0 bridgehead atoms. The molecule has 1 aromatic rings. The number of benzene rings is 1. The molecule has 0 unspecified atom stereocenters. The van der Waals surface area contributed by atoms with Gasteiger partial charge in [0.1, 0.15) is 12.4 Å². The van der Waals surface area contributed by atoms with Crippen LogP contribution in [0.15, 0.2) is 24.3 Å². The van der Waals surface area contributed by atoms with Gasteiger partial charge < -0.3 is 15.3 Å². The number of para-hydroxylation sites is 1. The number of nitrogens with two attached hydrogens (primary N) is 1. The van der Waals surface area contributed by atoms with E-state index in [9.17, 15) is 14.9 Å². The van der Waals surface area contributed by atoms with Crippen molar-refractivity contribution in [1.29, 1.82) is 0 Å². The van der Waals surface area contributed by atoms with Gasteiger partial charge in [0.25, 0.3) is 5.09 Å². The molecule has 1 amide bonds. The fraction of sp³-hybridized carbons (Fsp3) is 0.125. The van der Waals surface area contributed by atoms with Crippen molar-refractivity contribution in [1.82, 2.24) is 0 Å². The highest BCUT2D eigenvalue weighted by molar-refractivity contribution is 5.68. The minimum absolute atomic E-state index is 0.145. The lowest BCUT2D eigenvalue weighted by atomic mass is 10.2. The Morgan fingerprint density at radius 2 is 2.13 bits per heavy atom. The third-order valence-corrected chi connectivity index (χ3v) is 1.51. The average Bonchev–Trinajstić information content (AvgIpc) is 2.15. The molecule has 0 saturated carbocycles. The number of carbonyl (C=O) groups is 1. The van der Waals surface area contributed by atoms with Crippen molar-refractivity contribution in [3.63, 3.8) is 0 Å². The highest BCUT2D eigenvalue weighted by Gasteiger charge is 2.07. The van der Waals surface area contributed by atoms with Gasteiger partial charge >= 0.3 is 6.09 Å². The molecule has 0 atom stereocenters. The third-order valence-electron chi connectivity index (χ3n) is 1.51. The van der Waals surface area contributed by atoms with Crippen LogP contribution in [0, 0.1) is 10.1 Å². The standard InChI is InChI=1S/C8H8N2O5/c9-8(11)15-7-4-2-1-3-6(7)5-14-10(12)13/h1-4H,5H2,(H2,9,11). The van der Waals surface area contributed by atoms with Crippen molar-refractivity contribution in [2.24, 2.45) is 5.73 Å². The molecule has 0 aliphatic heterocycles. The maximum Gasteiger partial charge on any atom is 0.409 e. The van der Waals surface area contributed by atoms with Gasteiger partial charge in [-0.3, -0.25) is 0 Å². The van der Waals surface area contributed by atoms with E-state index in [1.54, 1.807) is 12.1 Å². The van der Waals surface area contributed by atoms with Crippen molar-refractivity contribution in [3.05, 3.63) is 39.9 Å². The summed E-state index contributed by atoms with van der Waals surface area (Å²) >= 11 is 0. The topological polar surface area (TPSA) is 105 Å². The maximum atomic E-state index is 10.5. The van der Waals surface area contributed by atoms with E-state index in [2.05, 4.69) is 9.57 Å². The lowest BCUT2D eigenvalue weighted by molar-refractivity contribution is -0.763. The molecule has 0 heterocycles. The van der Waals surface area contributed by atoms with Gasteiger partial charge in [0.15, 0.2) is 0 Å². The van der Waals surface area contributed by atoms with Crippen molar-refractivity contribution < 1.29 is 19.5 Å². The van der Waals surface area contributed by atoms with Gasteiger partial charge in [-0.25, -0.2) is 4.79 Å². The summed E-state index contributed by atoms with van der Waals surface area (Å²) in [5.74, 6) is 0.145. The normalized spacial score (nSPS) is 9.33. The first-order valence-electron chi connectivity index (χ1n) is 3.92. The second-order valence-corrected chi connectivity index (χ2v) is 2.53. The maximum absolute atomic E-state index is 10.5. The third kappa shape index (κ3) is 3.51. The van der Waals surface area contributed by atoms with Crippen LogP contribution < -0.4 is 10.5 Å². The predicted octanol–water partition coefficient (Wildman–Crippen LogP) is 0.852. The smallest absolute Gasteiger partial charge is 0.409 e. The summed E-state index contributed by atoms with van der Waals surface area (Å²) in [4.78, 5) is 24.6. The monoisotopic (exact) mass is 212 g/mol. The minimum Gasteiger partial charge on any atom is -0.410 e. The van der Waals surface area contributed by atoms with Gasteiger partial charge in [0.05, 0.1) is 0 Å². The van der Waals surface area contributed by atoms with Crippen molar-refractivity contribution in [2.45, 2.75) is 6.61 Å². The Bertz CT molecular complexity index is 379. The van der Waals surface area contributed by atoms with E-state index in [-0.39, 0.29) is 12.4 Å². The van der Waals surface area contributed by atoms with Crippen molar-refractivity contribution >= 4 is 6.09 Å². The van der Waals surface area contributed by atoms with E-state index in [1.165, 1.54) is 12.1 Å². The number of nitrogens with zero attached hydrogens (tertiary/aromatic N) is 1. The molecule has 0 saturated heterocycles. The first kappa shape index (κ1) is 10.8. The molecule has 1 rings (SSSR count). The molecule has 0 aliphatic rings. The average molecular weight is 212 g/mol. The summed E-state index contributed by atoms with van der Waals surface area (Å²) in [5.41, 5.74) is 5.18. The van der Waals surface area contributed by atoms with Crippen LogP contribution in [0.5, 0.6) is 5.75 Å². The van der Waals surface area contributed by atoms with Gasteiger partial charge in [-0.15, -0.1) is 10.1 Å². The zero-order valence-electron chi connectivity index (χ0n) is 7.58. The van der Waals surface area contributed by atoms with E-state index in [0.29, 0.717) is 5.56 Å². The Hall–Kier alpha value is -2.31. The van der Waals surface area contributed by atoms with Crippen LogP contribution in [0.4, 0.5) is 4.79 Å². The Morgan fingerprint density at radius 1 is 1.47 bits per heavy atom. The van der Waals surface area contributed by atoms with Crippen molar-refractivity contribution in [2.75, 3.05) is 0 Å². The Kier molecular flexibility index (Phi) is 3.44. The molecule has 7 nitrogen and oxygen atoms in total. The van der Waals surface area contributed by atoms with E-state index >= 15 is 0 Å². The number of hydrogen-bond acceptors (Lipinski definition) is 5. The second-order valence-electron chi connectivity index (χ2n) is 2.53. The molecule has 7 heteroatoms.